The minimum atomic E-state index is -0.193. The van der Waals surface area contributed by atoms with E-state index < -0.39 is 0 Å². The molecule has 5 heteroatoms. The van der Waals surface area contributed by atoms with E-state index in [4.69, 9.17) is 15.2 Å². The van der Waals surface area contributed by atoms with E-state index in [0.717, 1.165) is 20.8 Å². The molecule has 0 radical (unpaired) electrons. The van der Waals surface area contributed by atoms with Gasteiger partial charge in [-0.3, -0.25) is 0 Å². The maximum atomic E-state index is 6.32. The fourth-order valence-corrected chi connectivity index (χ4v) is 4.08. The maximum Gasteiger partial charge on any atom is 0.161 e. The van der Waals surface area contributed by atoms with Gasteiger partial charge in [-0.15, -0.1) is 11.3 Å². The van der Waals surface area contributed by atoms with E-state index in [1.807, 2.05) is 24.3 Å². The molecule has 2 unspecified atom stereocenters. The summed E-state index contributed by atoms with van der Waals surface area (Å²) in [5, 5.41) is 0. The lowest BCUT2D eigenvalue weighted by Gasteiger charge is -2.30. The van der Waals surface area contributed by atoms with Gasteiger partial charge in [0.15, 0.2) is 17.6 Å². The summed E-state index contributed by atoms with van der Waals surface area (Å²) in [5.74, 6) is 1.55. The molecule has 0 spiro atoms. The number of aryl methyl sites for hydroxylation is 1. The molecule has 3 nitrogen and oxygen atoms in total. The Morgan fingerprint density at radius 3 is 2.79 bits per heavy atom. The predicted molar refractivity (Wildman–Crippen MR) is 80.0 cm³/mol. The zero-order valence-electron chi connectivity index (χ0n) is 10.4. The third-order valence-corrected chi connectivity index (χ3v) is 5.14. The van der Waals surface area contributed by atoms with Gasteiger partial charge in [-0.2, -0.15) is 0 Å². The summed E-state index contributed by atoms with van der Waals surface area (Å²) in [7, 11) is 0. The first-order valence-corrected chi connectivity index (χ1v) is 7.66. The van der Waals surface area contributed by atoms with Crippen molar-refractivity contribution in [3.05, 3.63) is 44.6 Å². The molecule has 0 saturated carbocycles. The van der Waals surface area contributed by atoms with Crippen LogP contribution < -0.4 is 15.2 Å². The molecule has 100 valence electrons. The lowest BCUT2D eigenvalue weighted by atomic mass is 10.1. The number of halogens is 1. The van der Waals surface area contributed by atoms with Crippen LogP contribution in [0.15, 0.2) is 34.8 Å². The molecule has 2 aromatic rings. The van der Waals surface area contributed by atoms with E-state index in [2.05, 4.69) is 28.9 Å². The summed E-state index contributed by atoms with van der Waals surface area (Å²) < 4.78 is 12.7. The average molecular weight is 340 g/mol. The van der Waals surface area contributed by atoms with Crippen molar-refractivity contribution in [2.24, 2.45) is 5.73 Å². The van der Waals surface area contributed by atoms with Crippen LogP contribution in [0.3, 0.4) is 0 Å². The highest BCUT2D eigenvalue weighted by Gasteiger charge is 2.29. The summed E-state index contributed by atoms with van der Waals surface area (Å²) in [4.78, 5) is 2.33. The lowest BCUT2D eigenvalue weighted by Crippen LogP contribution is -2.38. The van der Waals surface area contributed by atoms with Crippen LogP contribution >= 0.6 is 27.3 Å². The highest BCUT2D eigenvalue weighted by molar-refractivity contribution is 9.10. The topological polar surface area (TPSA) is 44.5 Å². The fraction of sp³-hybridized carbons (Fsp3) is 0.286. The van der Waals surface area contributed by atoms with E-state index in [0.29, 0.717) is 6.61 Å². The molecule has 1 aromatic carbocycles. The molecule has 0 fully saturated rings. The molecule has 0 aliphatic carbocycles. The summed E-state index contributed by atoms with van der Waals surface area (Å²) in [5.41, 5.74) is 6.32. The molecule has 1 aliphatic heterocycles. The molecule has 0 amide bonds. The van der Waals surface area contributed by atoms with Crippen LogP contribution in [0, 0.1) is 6.92 Å². The molecular formula is C14H14BrNO2S. The van der Waals surface area contributed by atoms with Crippen LogP contribution in [-0.2, 0) is 0 Å². The van der Waals surface area contributed by atoms with Crippen molar-refractivity contribution < 1.29 is 9.47 Å². The van der Waals surface area contributed by atoms with Gasteiger partial charge in [0.2, 0.25) is 0 Å². The SMILES string of the molecule is Cc1cc(Br)c(C(N)C2COc3ccccc3O2)s1. The number of para-hydroxylation sites is 2. The Balaban J connectivity index is 1.83. The number of rotatable bonds is 2. The third kappa shape index (κ3) is 2.50. The van der Waals surface area contributed by atoms with Crippen LogP contribution in [0.5, 0.6) is 11.5 Å². The second-order valence-corrected chi connectivity index (χ2v) is 6.65. The fourth-order valence-electron chi connectivity index (χ4n) is 2.11. The van der Waals surface area contributed by atoms with Crippen LogP contribution in [0.2, 0.25) is 0 Å². The van der Waals surface area contributed by atoms with Crippen molar-refractivity contribution in [3.63, 3.8) is 0 Å². The van der Waals surface area contributed by atoms with Crippen LogP contribution in [0.1, 0.15) is 15.8 Å². The Labute approximate surface area is 124 Å². The number of thiophene rings is 1. The van der Waals surface area contributed by atoms with Gasteiger partial charge in [0, 0.05) is 14.2 Å². The number of hydrogen-bond donors (Lipinski definition) is 1. The first kappa shape index (κ1) is 13.0. The lowest BCUT2D eigenvalue weighted by molar-refractivity contribution is 0.0728. The van der Waals surface area contributed by atoms with E-state index >= 15 is 0 Å². The Bertz CT molecular complexity index is 599. The molecule has 2 N–H and O–H groups in total. The predicted octanol–water partition coefficient (Wildman–Crippen LogP) is 3.66. The Kier molecular flexibility index (Phi) is 3.52. The molecule has 0 saturated heterocycles. The van der Waals surface area contributed by atoms with Crippen LogP contribution in [0.25, 0.3) is 0 Å². The molecule has 19 heavy (non-hydrogen) atoms. The zero-order chi connectivity index (χ0) is 13.4. The van der Waals surface area contributed by atoms with E-state index in [1.54, 1.807) is 11.3 Å². The van der Waals surface area contributed by atoms with Crippen molar-refractivity contribution in [2.75, 3.05) is 6.61 Å². The van der Waals surface area contributed by atoms with Crippen molar-refractivity contribution in [1.82, 2.24) is 0 Å². The van der Waals surface area contributed by atoms with E-state index in [-0.39, 0.29) is 12.1 Å². The number of hydrogen-bond acceptors (Lipinski definition) is 4. The number of ether oxygens (including phenoxy) is 2. The standard InChI is InChI=1S/C14H14BrNO2S/c1-8-6-9(15)14(19-8)13(16)12-7-17-10-4-2-3-5-11(10)18-12/h2-6,12-13H,7,16H2,1H3. The summed E-state index contributed by atoms with van der Waals surface area (Å²) >= 11 is 5.24. The molecule has 2 heterocycles. The highest BCUT2D eigenvalue weighted by atomic mass is 79.9. The van der Waals surface area contributed by atoms with Gasteiger partial charge in [0.05, 0.1) is 6.04 Å². The molecule has 1 aromatic heterocycles. The van der Waals surface area contributed by atoms with Gasteiger partial charge in [-0.1, -0.05) is 12.1 Å². The first-order chi connectivity index (χ1) is 9.15. The van der Waals surface area contributed by atoms with E-state index in [1.165, 1.54) is 4.88 Å². The van der Waals surface area contributed by atoms with Crippen molar-refractivity contribution in [3.8, 4) is 11.5 Å². The van der Waals surface area contributed by atoms with Gasteiger partial charge in [-0.25, -0.2) is 0 Å². The highest BCUT2D eigenvalue weighted by Crippen LogP contribution is 2.37. The smallest absolute Gasteiger partial charge is 0.161 e. The number of nitrogens with two attached hydrogens (primary N) is 1. The van der Waals surface area contributed by atoms with Crippen molar-refractivity contribution in [2.45, 2.75) is 19.1 Å². The Morgan fingerprint density at radius 2 is 2.11 bits per heavy atom. The summed E-state index contributed by atoms with van der Waals surface area (Å²) in [6.07, 6.45) is -0.163. The molecule has 2 atom stereocenters. The normalized spacial score (nSPS) is 19.2. The van der Waals surface area contributed by atoms with Crippen molar-refractivity contribution >= 4 is 27.3 Å². The maximum absolute atomic E-state index is 6.32. The monoisotopic (exact) mass is 339 g/mol. The quantitative estimate of drug-likeness (QED) is 0.907. The van der Waals surface area contributed by atoms with Gasteiger partial charge in [0.1, 0.15) is 6.61 Å². The summed E-state index contributed by atoms with van der Waals surface area (Å²) in [6, 6.07) is 9.56. The van der Waals surface area contributed by atoms with Gasteiger partial charge in [-0.05, 0) is 41.1 Å². The minimum absolute atomic E-state index is 0.163. The van der Waals surface area contributed by atoms with Crippen LogP contribution in [0.4, 0.5) is 0 Å². The number of benzene rings is 1. The summed E-state index contributed by atoms with van der Waals surface area (Å²) in [6.45, 7) is 2.54. The van der Waals surface area contributed by atoms with Crippen LogP contribution in [-0.4, -0.2) is 12.7 Å². The third-order valence-electron chi connectivity index (χ3n) is 3.07. The number of fused-ring (bicyclic) bond motifs is 1. The first-order valence-electron chi connectivity index (χ1n) is 6.05. The average Bonchev–Trinajstić information content (AvgIpc) is 2.76. The van der Waals surface area contributed by atoms with Gasteiger partial charge in [0.25, 0.3) is 0 Å². The molecule has 3 rings (SSSR count). The molecule has 0 bridgehead atoms. The molecule has 1 aliphatic rings. The Morgan fingerprint density at radius 1 is 1.37 bits per heavy atom. The molecular weight excluding hydrogens is 326 g/mol. The van der Waals surface area contributed by atoms with Crippen molar-refractivity contribution in [1.29, 1.82) is 0 Å². The second kappa shape index (κ2) is 5.15. The van der Waals surface area contributed by atoms with Gasteiger partial charge < -0.3 is 15.2 Å². The zero-order valence-corrected chi connectivity index (χ0v) is 12.8. The van der Waals surface area contributed by atoms with Gasteiger partial charge >= 0.3 is 0 Å². The van der Waals surface area contributed by atoms with E-state index in [9.17, 15) is 0 Å². The minimum Gasteiger partial charge on any atom is -0.486 e. The second-order valence-electron chi connectivity index (χ2n) is 4.51. The Hall–Kier alpha value is -1.04. The largest absolute Gasteiger partial charge is 0.486 e.